The molecule has 1 saturated heterocycles. The molecule has 2 atom stereocenters. The fraction of sp³-hybridized carbons (Fsp3) is 0.625. The van der Waals surface area contributed by atoms with Gasteiger partial charge in [0.2, 0.25) is 0 Å². The Bertz CT molecular complexity index is 499. The summed E-state index contributed by atoms with van der Waals surface area (Å²) in [5.74, 6) is 0.457. The van der Waals surface area contributed by atoms with Crippen molar-refractivity contribution < 1.29 is 14.3 Å². The molecule has 6 heteroatoms. The minimum Gasteiger partial charge on any atom is -0.465 e. The average Bonchev–Trinajstić information content (AvgIpc) is 3.30. The molecular weight excluding hydrogens is 282 g/mol. The third-order valence-corrected chi connectivity index (χ3v) is 3.85. The van der Waals surface area contributed by atoms with E-state index in [9.17, 15) is 4.79 Å². The Kier molecular flexibility index (Phi) is 5.24. The van der Waals surface area contributed by atoms with Gasteiger partial charge in [-0.25, -0.2) is 9.79 Å². The number of morpholine rings is 1. The summed E-state index contributed by atoms with van der Waals surface area (Å²) in [5, 5.41) is 0. The summed E-state index contributed by atoms with van der Waals surface area (Å²) in [6.45, 7) is 9.60. The second-order valence-electron chi connectivity index (χ2n) is 5.92. The number of hydrogen-bond acceptors (Lipinski definition) is 6. The van der Waals surface area contributed by atoms with Crippen LogP contribution >= 0.6 is 0 Å². The molecule has 0 radical (unpaired) electrons. The van der Waals surface area contributed by atoms with E-state index in [4.69, 9.17) is 15.2 Å². The summed E-state index contributed by atoms with van der Waals surface area (Å²) >= 11 is 0. The van der Waals surface area contributed by atoms with Gasteiger partial charge in [-0.1, -0.05) is 6.58 Å². The van der Waals surface area contributed by atoms with Gasteiger partial charge in [-0.2, -0.15) is 0 Å². The zero-order chi connectivity index (χ0) is 16.3. The molecule has 2 rings (SSSR count). The molecule has 1 heterocycles. The Labute approximate surface area is 131 Å². The molecule has 6 nitrogen and oxygen atoms in total. The molecule has 2 fully saturated rings. The van der Waals surface area contributed by atoms with Crippen molar-refractivity contribution in [2.45, 2.75) is 38.9 Å². The van der Waals surface area contributed by atoms with Crippen LogP contribution in [-0.4, -0.2) is 49.0 Å². The summed E-state index contributed by atoms with van der Waals surface area (Å²) in [6, 6.07) is 0. The average molecular weight is 307 g/mol. The fourth-order valence-corrected chi connectivity index (χ4v) is 2.69. The van der Waals surface area contributed by atoms with Gasteiger partial charge in [-0.3, -0.25) is 0 Å². The lowest BCUT2D eigenvalue weighted by molar-refractivity contribution is -0.135. The molecule has 1 saturated carbocycles. The van der Waals surface area contributed by atoms with E-state index in [0.717, 1.165) is 25.9 Å². The summed E-state index contributed by atoms with van der Waals surface area (Å²) in [4.78, 5) is 18.6. The predicted molar refractivity (Wildman–Crippen MR) is 85.2 cm³/mol. The molecule has 0 bridgehead atoms. The minimum atomic E-state index is -0.454. The number of aliphatic imine (C=N–C) groups is 1. The van der Waals surface area contributed by atoms with Gasteiger partial charge in [0.05, 0.1) is 30.6 Å². The lowest BCUT2D eigenvalue weighted by atomic mass is 10.1. The maximum absolute atomic E-state index is 11.9. The van der Waals surface area contributed by atoms with Crippen molar-refractivity contribution in [1.82, 2.24) is 4.90 Å². The monoisotopic (exact) mass is 307 g/mol. The van der Waals surface area contributed by atoms with Crippen molar-refractivity contribution in [3.63, 3.8) is 0 Å². The van der Waals surface area contributed by atoms with Gasteiger partial charge in [0, 0.05) is 25.2 Å². The second-order valence-corrected chi connectivity index (χ2v) is 5.92. The molecule has 1 aliphatic heterocycles. The van der Waals surface area contributed by atoms with Crippen LogP contribution in [-0.2, 0) is 14.3 Å². The number of rotatable bonds is 5. The number of ether oxygens (including phenoxy) is 2. The molecular formula is C16H25N3O3. The number of nitrogens with zero attached hydrogens (tertiary/aromatic N) is 2. The predicted octanol–water partition coefficient (Wildman–Crippen LogP) is 1.43. The van der Waals surface area contributed by atoms with Crippen LogP contribution in [0.4, 0.5) is 0 Å². The zero-order valence-electron chi connectivity index (χ0n) is 13.5. The molecule has 0 aromatic carbocycles. The topological polar surface area (TPSA) is 77.1 Å². The third-order valence-electron chi connectivity index (χ3n) is 3.85. The number of nitrogens with two attached hydrogens (primary N) is 1. The SMILES string of the molecule is C=C(/N=C(\C(=C/N)C(=O)OC)C1CC1)N1CC(C)OC(C)C1. The van der Waals surface area contributed by atoms with Gasteiger partial charge >= 0.3 is 5.97 Å². The fourth-order valence-electron chi connectivity index (χ4n) is 2.69. The van der Waals surface area contributed by atoms with E-state index in [-0.39, 0.29) is 18.1 Å². The van der Waals surface area contributed by atoms with Crippen LogP contribution in [0.3, 0.4) is 0 Å². The lowest BCUT2D eigenvalue weighted by Crippen LogP contribution is -2.44. The van der Waals surface area contributed by atoms with Crippen molar-refractivity contribution in [2.75, 3.05) is 20.2 Å². The highest BCUT2D eigenvalue weighted by molar-refractivity contribution is 6.21. The number of hydrogen-bond donors (Lipinski definition) is 1. The summed E-state index contributed by atoms with van der Waals surface area (Å²) < 4.78 is 10.5. The largest absolute Gasteiger partial charge is 0.465 e. The van der Waals surface area contributed by atoms with Crippen LogP contribution in [0.5, 0.6) is 0 Å². The first-order valence-corrected chi connectivity index (χ1v) is 7.64. The van der Waals surface area contributed by atoms with Crippen molar-refractivity contribution in [3.05, 3.63) is 24.2 Å². The van der Waals surface area contributed by atoms with Gasteiger partial charge in [-0.05, 0) is 26.7 Å². The van der Waals surface area contributed by atoms with Crippen molar-refractivity contribution >= 4 is 11.7 Å². The van der Waals surface area contributed by atoms with Gasteiger partial charge < -0.3 is 20.1 Å². The van der Waals surface area contributed by atoms with Gasteiger partial charge in [0.1, 0.15) is 5.82 Å². The minimum absolute atomic E-state index is 0.130. The summed E-state index contributed by atoms with van der Waals surface area (Å²) in [6.07, 6.45) is 3.56. The highest BCUT2D eigenvalue weighted by atomic mass is 16.5. The summed E-state index contributed by atoms with van der Waals surface area (Å²) in [5.41, 5.74) is 6.63. The Morgan fingerprint density at radius 3 is 2.41 bits per heavy atom. The lowest BCUT2D eigenvalue weighted by Gasteiger charge is -2.36. The van der Waals surface area contributed by atoms with Crippen molar-refractivity contribution in [3.8, 4) is 0 Å². The molecule has 2 unspecified atom stereocenters. The van der Waals surface area contributed by atoms with Crippen LogP contribution in [0.25, 0.3) is 0 Å². The van der Waals surface area contributed by atoms with Crippen LogP contribution in [0.1, 0.15) is 26.7 Å². The van der Waals surface area contributed by atoms with Gasteiger partial charge in [-0.15, -0.1) is 0 Å². The molecule has 0 amide bonds. The third kappa shape index (κ3) is 3.88. The highest BCUT2D eigenvalue weighted by Crippen LogP contribution is 2.34. The molecule has 2 aliphatic rings. The van der Waals surface area contributed by atoms with Crippen LogP contribution in [0.2, 0.25) is 0 Å². The molecule has 22 heavy (non-hydrogen) atoms. The maximum atomic E-state index is 11.9. The molecule has 0 spiro atoms. The maximum Gasteiger partial charge on any atom is 0.341 e. The normalized spacial score (nSPS) is 26.8. The van der Waals surface area contributed by atoms with E-state index in [2.05, 4.69) is 16.5 Å². The van der Waals surface area contributed by atoms with E-state index >= 15 is 0 Å². The Morgan fingerprint density at radius 1 is 1.36 bits per heavy atom. The van der Waals surface area contributed by atoms with Crippen molar-refractivity contribution in [2.24, 2.45) is 16.6 Å². The molecule has 1 aliphatic carbocycles. The van der Waals surface area contributed by atoms with E-state index in [1.807, 2.05) is 13.8 Å². The van der Waals surface area contributed by atoms with Crippen LogP contribution in [0, 0.1) is 5.92 Å². The number of carbonyl (C=O) groups is 1. The summed E-state index contributed by atoms with van der Waals surface area (Å²) in [7, 11) is 1.34. The Balaban J connectivity index is 2.19. The Hall–Kier alpha value is -1.82. The number of esters is 1. The first-order valence-electron chi connectivity index (χ1n) is 7.64. The highest BCUT2D eigenvalue weighted by Gasteiger charge is 2.33. The van der Waals surface area contributed by atoms with Crippen LogP contribution < -0.4 is 5.73 Å². The van der Waals surface area contributed by atoms with E-state index in [1.54, 1.807) is 0 Å². The number of carbonyl (C=O) groups excluding carboxylic acids is 1. The molecule has 122 valence electrons. The van der Waals surface area contributed by atoms with Crippen molar-refractivity contribution in [1.29, 1.82) is 0 Å². The molecule has 0 aromatic rings. The van der Waals surface area contributed by atoms with E-state index in [0.29, 0.717) is 17.1 Å². The second kappa shape index (κ2) is 6.96. The first kappa shape index (κ1) is 16.5. The zero-order valence-corrected chi connectivity index (χ0v) is 13.5. The first-order chi connectivity index (χ1) is 10.5. The van der Waals surface area contributed by atoms with Gasteiger partial charge in [0.15, 0.2) is 0 Å². The molecule has 0 aromatic heterocycles. The molecule has 2 N–H and O–H groups in total. The van der Waals surface area contributed by atoms with Crippen LogP contribution in [0.15, 0.2) is 29.2 Å². The number of methoxy groups -OCH3 is 1. The van der Waals surface area contributed by atoms with Gasteiger partial charge in [0.25, 0.3) is 0 Å². The van der Waals surface area contributed by atoms with E-state index < -0.39 is 5.97 Å². The standard InChI is InChI=1S/C16H25N3O3/c1-10-8-19(9-11(2)22-10)12(3)18-15(13-5-6-13)14(7-17)16(20)21-4/h7,10-11,13H,3,5-6,8-9,17H2,1-2,4H3/b14-7+,18-15-. The Morgan fingerprint density at radius 2 is 1.95 bits per heavy atom. The quantitative estimate of drug-likeness (QED) is 0.472. The van der Waals surface area contributed by atoms with E-state index in [1.165, 1.54) is 13.3 Å². The smallest absolute Gasteiger partial charge is 0.341 e.